The van der Waals surface area contributed by atoms with Crippen LogP contribution >= 0.6 is 23.2 Å². The number of hydrogen-bond donors (Lipinski definition) is 0. The molecule has 1 aliphatic rings. The molecule has 118 valence electrons. The van der Waals surface area contributed by atoms with E-state index in [1.165, 1.54) is 7.11 Å². The highest BCUT2D eigenvalue weighted by molar-refractivity contribution is 6.27. The Labute approximate surface area is 132 Å². The van der Waals surface area contributed by atoms with Gasteiger partial charge in [-0.25, -0.2) is 9.86 Å². The third-order valence-corrected chi connectivity index (χ3v) is 3.76. The molecule has 2 amide bonds. The van der Waals surface area contributed by atoms with E-state index >= 15 is 0 Å². The molecule has 0 aliphatic carbocycles. The fourth-order valence-electron chi connectivity index (χ4n) is 1.96. The molecule has 1 rings (SSSR count). The van der Waals surface area contributed by atoms with Gasteiger partial charge in [0.15, 0.2) is 12.1 Å². The van der Waals surface area contributed by atoms with E-state index < -0.39 is 29.5 Å². The van der Waals surface area contributed by atoms with Gasteiger partial charge in [-0.05, 0) is 12.5 Å². The largest absolute Gasteiger partial charge is 0.464 e. The molecule has 0 aromatic carbocycles. The van der Waals surface area contributed by atoms with Crippen LogP contribution in [-0.4, -0.2) is 65.4 Å². The average Bonchev–Trinajstić information content (AvgIpc) is 2.48. The molecule has 1 saturated heterocycles. The number of β-lactam (4-membered cyclic amide) rings is 1. The second kappa shape index (κ2) is 7.63. The van der Waals surface area contributed by atoms with Crippen molar-refractivity contribution in [2.45, 2.75) is 24.5 Å². The van der Waals surface area contributed by atoms with E-state index in [4.69, 9.17) is 32.8 Å². The number of amides is 2. The molecule has 0 aromatic heterocycles. The molecular formula is C12H16Cl2N2O5. The molecule has 0 N–H and O–H groups in total. The number of ether oxygens (including phenoxy) is 1. The summed E-state index contributed by atoms with van der Waals surface area (Å²) in [4.78, 5) is 40.8. The number of likely N-dealkylation sites (tertiary alicyclic amines) is 1. The lowest BCUT2D eigenvalue weighted by atomic mass is 9.99. The summed E-state index contributed by atoms with van der Waals surface area (Å²) in [6, 6.07) is -2.09. The molecule has 21 heavy (non-hydrogen) atoms. The Kier molecular flexibility index (Phi) is 6.44. The van der Waals surface area contributed by atoms with E-state index in [-0.39, 0.29) is 18.1 Å². The van der Waals surface area contributed by atoms with Gasteiger partial charge >= 0.3 is 5.97 Å². The van der Waals surface area contributed by atoms with Gasteiger partial charge in [0.25, 0.3) is 5.91 Å². The van der Waals surface area contributed by atoms with Crippen LogP contribution in [-0.2, 0) is 24.0 Å². The first-order valence-electron chi connectivity index (χ1n) is 6.08. The highest BCUT2D eigenvalue weighted by atomic mass is 35.5. The molecule has 1 heterocycles. The molecule has 0 bridgehead atoms. The van der Waals surface area contributed by atoms with Crippen molar-refractivity contribution < 1.29 is 24.0 Å². The number of hydroxylamine groups is 2. The minimum atomic E-state index is -1.08. The van der Waals surface area contributed by atoms with Gasteiger partial charge in [0.1, 0.15) is 5.50 Å². The Balaban J connectivity index is 2.96. The van der Waals surface area contributed by atoms with Crippen molar-refractivity contribution in [3.8, 4) is 0 Å². The first kappa shape index (κ1) is 17.7. The predicted octanol–water partition coefficient (Wildman–Crippen LogP) is 0.509. The number of alkyl halides is 2. The quantitative estimate of drug-likeness (QED) is 0.122. The average molecular weight is 339 g/mol. The van der Waals surface area contributed by atoms with Gasteiger partial charge in [0.05, 0.1) is 13.7 Å². The van der Waals surface area contributed by atoms with Crippen molar-refractivity contribution in [3.05, 3.63) is 12.2 Å². The van der Waals surface area contributed by atoms with Crippen molar-refractivity contribution in [3.63, 3.8) is 0 Å². The molecule has 9 heteroatoms. The predicted molar refractivity (Wildman–Crippen MR) is 75.5 cm³/mol. The molecule has 0 spiro atoms. The molecule has 3 unspecified atom stereocenters. The lowest BCUT2D eigenvalue weighted by Crippen LogP contribution is -2.72. The molecule has 3 atom stereocenters. The van der Waals surface area contributed by atoms with Crippen LogP contribution in [0.15, 0.2) is 12.2 Å². The zero-order chi connectivity index (χ0) is 16.2. The lowest BCUT2D eigenvalue weighted by molar-refractivity contribution is -0.204. The summed E-state index contributed by atoms with van der Waals surface area (Å²) >= 11 is 11.8. The summed E-state index contributed by atoms with van der Waals surface area (Å²) in [5, 5.41) is 0.780. The third kappa shape index (κ3) is 3.30. The number of carbonyl (C=O) groups excluding carboxylic acids is 3. The summed E-state index contributed by atoms with van der Waals surface area (Å²) in [7, 11) is 1.23. The summed E-state index contributed by atoms with van der Waals surface area (Å²) in [6.45, 7) is 5.44. The maximum atomic E-state index is 12.2. The van der Waals surface area contributed by atoms with Gasteiger partial charge in [-0.3, -0.25) is 14.4 Å². The van der Waals surface area contributed by atoms with E-state index in [1.54, 1.807) is 6.92 Å². The number of carbonyl (C=O) groups is 3. The van der Waals surface area contributed by atoms with Crippen LogP contribution < -0.4 is 0 Å². The number of nitrogens with zero attached hydrogens (tertiary/aromatic N) is 2. The standard InChI is InChI=1S/C12H16Cl2N2O5/c1-4-21-12(19)8(7(2)5-13)16-10(14)9(11(16)18)15(6-17)20-3/h6,8-10H,2,4-5H2,1,3H3. The normalized spacial score (nSPS) is 22.3. The molecule has 7 nitrogen and oxygen atoms in total. The van der Waals surface area contributed by atoms with Crippen LogP contribution in [0.25, 0.3) is 0 Å². The third-order valence-electron chi connectivity index (χ3n) is 2.97. The number of hydrogen-bond acceptors (Lipinski definition) is 5. The van der Waals surface area contributed by atoms with Crippen LogP contribution in [0.3, 0.4) is 0 Å². The summed E-state index contributed by atoms with van der Waals surface area (Å²) in [5.74, 6) is -1.26. The van der Waals surface area contributed by atoms with E-state index in [1.807, 2.05) is 0 Å². The van der Waals surface area contributed by atoms with Gasteiger partial charge in [-0.15, -0.1) is 11.6 Å². The van der Waals surface area contributed by atoms with Crippen LogP contribution in [0.4, 0.5) is 0 Å². The van der Waals surface area contributed by atoms with Crippen LogP contribution in [0.5, 0.6) is 0 Å². The Hall–Kier alpha value is -1.31. The molecule has 1 fully saturated rings. The number of halogens is 2. The Morgan fingerprint density at radius 3 is 2.62 bits per heavy atom. The fraction of sp³-hybridized carbons (Fsp3) is 0.583. The van der Waals surface area contributed by atoms with Crippen molar-refractivity contribution >= 4 is 41.5 Å². The monoisotopic (exact) mass is 338 g/mol. The van der Waals surface area contributed by atoms with Gasteiger partial charge in [0, 0.05) is 5.88 Å². The maximum Gasteiger partial charge on any atom is 0.333 e. The maximum absolute atomic E-state index is 12.2. The van der Waals surface area contributed by atoms with Crippen molar-refractivity contribution in [1.29, 1.82) is 0 Å². The fourth-order valence-corrected chi connectivity index (χ4v) is 2.53. The van der Waals surface area contributed by atoms with Gasteiger partial charge in [0.2, 0.25) is 6.41 Å². The van der Waals surface area contributed by atoms with Crippen LogP contribution in [0.2, 0.25) is 0 Å². The van der Waals surface area contributed by atoms with Crippen molar-refractivity contribution in [1.82, 2.24) is 9.96 Å². The van der Waals surface area contributed by atoms with Gasteiger partial charge in [-0.2, -0.15) is 0 Å². The first-order valence-corrected chi connectivity index (χ1v) is 7.05. The summed E-state index contributed by atoms with van der Waals surface area (Å²) in [6.07, 6.45) is 0.338. The van der Waals surface area contributed by atoms with Crippen molar-refractivity contribution in [2.24, 2.45) is 0 Å². The second-order valence-corrected chi connectivity index (χ2v) is 4.87. The summed E-state index contributed by atoms with van der Waals surface area (Å²) in [5.41, 5.74) is -0.667. The molecule has 1 aliphatic heterocycles. The van der Waals surface area contributed by atoms with E-state index in [0.29, 0.717) is 6.41 Å². The number of esters is 1. The SMILES string of the molecule is C=C(CCl)C(C(=O)OCC)N1C(=O)C(N(C=O)OC)C1Cl. The minimum absolute atomic E-state index is 0.0385. The highest BCUT2D eigenvalue weighted by Crippen LogP contribution is 2.32. The zero-order valence-corrected chi connectivity index (χ0v) is 13.1. The molecule has 0 radical (unpaired) electrons. The smallest absolute Gasteiger partial charge is 0.333 e. The Bertz CT molecular complexity index is 445. The van der Waals surface area contributed by atoms with E-state index in [0.717, 1.165) is 9.96 Å². The zero-order valence-electron chi connectivity index (χ0n) is 11.6. The van der Waals surface area contributed by atoms with Crippen LogP contribution in [0, 0.1) is 0 Å². The Morgan fingerprint density at radius 1 is 1.62 bits per heavy atom. The minimum Gasteiger partial charge on any atom is -0.464 e. The topological polar surface area (TPSA) is 76.2 Å². The summed E-state index contributed by atoms with van der Waals surface area (Å²) < 4.78 is 4.90. The lowest BCUT2D eigenvalue weighted by Gasteiger charge is -2.48. The van der Waals surface area contributed by atoms with E-state index in [9.17, 15) is 14.4 Å². The van der Waals surface area contributed by atoms with E-state index in [2.05, 4.69) is 6.58 Å². The van der Waals surface area contributed by atoms with Gasteiger partial charge < -0.3 is 9.64 Å². The molecule has 0 aromatic rings. The number of rotatable bonds is 8. The molecular weight excluding hydrogens is 323 g/mol. The molecule has 0 saturated carbocycles. The van der Waals surface area contributed by atoms with Gasteiger partial charge in [-0.1, -0.05) is 18.2 Å². The second-order valence-electron chi connectivity index (χ2n) is 4.16. The van der Waals surface area contributed by atoms with Crippen LogP contribution in [0.1, 0.15) is 6.92 Å². The van der Waals surface area contributed by atoms with Crippen molar-refractivity contribution in [2.75, 3.05) is 19.6 Å². The highest BCUT2D eigenvalue weighted by Gasteiger charge is 2.55. The Morgan fingerprint density at radius 2 is 2.24 bits per heavy atom. The first-order chi connectivity index (χ1) is 9.94.